The van der Waals surface area contributed by atoms with Crippen molar-refractivity contribution >= 4 is 40.6 Å². The minimum absolute atomic E-state index is 0.271. The summed E-state index contributed by atoms with van der Waals surface area (Å²) in [7, 11) is 0. The SMILES string of the molecule is Cc1cc(NC(=O)c2ccc(C=O)cc2)nn1Cc1cc(Cl)cc2cc(C(C)C)oc12. The molecule has 1 N–H and O–H groups in total. The van der Waals surface area contributed by atoms with Gasteiger partial charge in [0.2, 0.25) is 0 Å². The Kier molecular flexibility index (Phi) is 5.65. The third-order valence-electron chi connectivity index (χ3n) is 5.10. The Balaban J connectivity index is 1.58. The Bertz CT molecular complexity index is 1270. The number of benzene rings is 2. The zero-order chi connectivity index (χ0) is 22.1. The molecule has 2 aromatic carbocycles. The zero-order valence-electron chi connectivity index (χ0n) is 17.5. The van der Waals surface area contributed by atoms with Gasteiger partial charge in [0.15, 0.2) is 5.82 Å². The quantitative estimate of drug-likeness (QED) is 0.386. The molecule has 0 saturated carbocycles. The van der Waals surface area contributed by atoms with E-state index in [9.17, 15) is 9.59 Å². The number of anilines is 1. The highest BCUT2D eigenvalue weighted by Crippen LogP contribution is 2.31. The molecule has 0 aliphatic rings. The van der Waals surface area contributed by atoms with Gasteiger partial charge in [0.1, 0.15) is 17.6 Å². The maximum atomic E-state index is 12.5. The van der Waals surface area contributed by atoms with Crippen LogP contribution in [0.2, 0.25) is 5.02 Å². The monoisotopic (exact) mass is 435 g/mol. The van der Waals surface area contributed by atoms with Crippen LogP contribution in [0, 0.1) is 6.92 Å². The Labute approximate surface area is 184 Å². The van der Waals surface area contributed by atoms with Gasteiger partial charge >= 0.3 is 0 Å². The van der Waals surface area contributed by atoms with E-state index in [0.29, 0.717) is 28.5 Å². The number of halogens is 1. The lowest BCUT2D eigenvalue weighted by Crippen LogP contribution is -2.13. The number of carbonyl (C=O) groups excluding carboxylic acids is 2. The van der Waals surface area contributed by atoms with Crippen molar-refractivity contribution in [1.29, 1.82) is 0 Å². The van der Waals surface area contributed by atoms with Crippen molar-refractivity contribution < 1.29 is 14.0 Å². The van der Waals surface area contributed by atoms with E-state index < -0.39 is 0 Å². The lowest BCUT2D eigenvalue weighted by atomic mass is 10.1. The Hall–Kier alpha value is -3.38. The standard InChI is InChI=1S/C24H22ClN3O3/c1-14(2)21-11-18-9-20(25)10-19(23(18)31-21)12-28-15(3)8-22(27-28)26-24(30)17-6-4-16(13-29)5-7-17/h4-11,13-14H,12H2,1-3H3,(H,26,27,30). The molecule has 2 heterocycles. The van der Waals surface area contributed by atoms with E-state index in [1.165, 1.54) is 0 Å². The second kappa shape index (κ2) is 8.40. The van der Waals surface area contributed by atoms with Crippen molar-refractivity contribution in [2.24, 2.45) is 0 Å². The fourth-order valence-corrected chi connectivity index (χ4v) is 3.65. The Morgan fingerprint density at radius 3 is 2.61 bits per heavy atom. The first kappa shape index (κ1) is 20.9. The fraction of sp³-hybridized carbons (Fsp3) is 0.208. The molecule has 1 amide bonds. The van der Waals surface area contributed by atoms with E-state index in [4.69, 9.17) is 16.0 Å². The lowest BCUT2D eigenvalue weighted by Gasteiger charge is -2.07. The number of amides is 1. The van der Waals surface area contributed by atoms with E-state index in [1.807, 2.05) is 25.1 Å². The second-order valence-electron chi connectivity index (χ2n) is 7.81. The van der Waals surface area contributed by atoms with Crippen molar-refractivity contribution in [3.8, 4) is 0 Å². The van der Waals surface area contributed by atoms with Crippen LogP contribution in [0.15, 0.2) is 52.9 Å². The number of aryl methyl sites for hydroxylation is 1. The van der Waals surface area contributed by atoms with Gasteiger partial charge in [-0.1, -0.05) is 37.6 Å². The smallest absolute Gasteiger partial charge is 0.256 e. The first-order chi connectivity index (χ1) is 14.8. The minimum atomic E-state index is -0.292. The summed E-state index contributed by atoms with van der Waals surface area (Å²) in [6, 6.07) is 14.0. The molecule has 0 bridgehead atoms. The highest BCUT2D eigenvalue weighted by atomic mass is 35.5. The van der Waals surface area contributed by atoms with E-state index in [2.05, 4.69) is 24.3 Å². The molecule has 0 fully saturated rings. The van der Waals surface area contributed by atoms with Gasteiger partial charge in [-0.2, -0.15) is 5.10 Å². The number of hydrogen-bond acceptors (Lipinski definition) is 4. The summed E-state index contributed by atoms with van der Waals surface area (Å²) in [6.45, 7) is 6.54. The summed E-state index contributed by atoms with van der Waals surface area (Å²) in [5.74, 6) is 1.33. The molecule has 0 atom stereocenters. The van der Waals surface area contributed by atoms with Crippen LogP contribution in [0.3, 0.4) is 0 Å². The van der Waals surface area contributed by atoms with Crippen molar-refractivity contribution in [3.63, 3.8) is 0 Å². The van der Waals surface area contributed by atoms with Gasteiger partial charge in [0.05, 0.1) is 6.54 Å². The fourth-order valence-electron chi connectivity index (χ4n) is 3.40. The van der Waals surface area contributed by atoms with Crippen LogP contribution in [0.4, 0.5) is 5.82 Å². The van der Waals surface area contributed by atoms with E-state index >= 15 is 0 Å². The average Bonchev–Trinajstić information content (AvgIpc) is 3.31. The number of rotatable bonds is 6. The number of fused-ring (bicyclic) bond motifs is 1. The number of aldehydes is 1. The van der Waals surface area contributed by atoms with Crippen LogP contribution in [-0.4, -0.2) is 22.0 Å². The number of nitrogens with zero attached hydrogens (tertiary/aromatic N) is 2. The van der Waals surface area contributed by atoms with Crippen molar-refractivity contribution in [1.82, 2.24) is 9.78 Å². The van der Waals surface area contributed by atoms with Crippen LogP contribution in [0.25, 0.3) is 11.0 Å². The van der Waals surface area contributed by atoms with Crippen molar-refractivity contribution in [3.05, 3.63) is 81.7 Å². The third-order valence-corrected chi connectivity index (χ3v) is 5.32. The second-order valence-corrected chi connectivity index (χ2v) is 8.25. The van der Waals surface area contributed by atoms with E-state index in [1.54, 1.807) is 35.0 Å². The normalized spacial score (nSPS) is 11.3. The predicted molar refractivity (Wildman–Crippen MR) is 121 cm³/mol. The molecule has 0 aliphatic carbocycles. The molecule has 7 heteroatoms. The molecule has 0 saturated heterocycles. The summed E-state index contributed by atoms with van der Waals surface area (Å²) in [6.07, 6.45) is 0.739. The molecule has 6 nitrogen and oxygen atoms in total. The van der Waals surface area contributed by atoms with Gasteiger partial charge in [-0.3, -0.25) is 14.3 Å². The molecule has 158 valence electrons. The lowest BCUT2D eigenvalue weighted by molar-refractivity contribution is 0.102. The molecule has 0 spiro atoms. The summed E-state index contributed by atoms with van der Waals surface area (Å²) in [5, 5.41) is 8.92. The van der Waals surface area contributed by atoms with Gasteiger partial charge < -0.3 is 9.73 Å². The van der Waals surface area contributed by atoms with Gasteiger partial charge in [-0.15, -0.1) is 0 Å². The molecule has 0 radical (unpaired) electrons. The first-order valence-corrected chi connectivity index (χ1v) is 10.3. The van der Waals surface area contributed by atoms with Gasteiger partial charge in [0.25, 0.3) is 5.91 Å². The molecule has 0 unspecified atom stereocenters. The summed E-state index contributed by atoms with van der Waals surface area (Å²) >= 11 is 6.33. The summed E-state index contributed by atoms with van der Waals surface area (Å²) in [5.41, 5.74) is 3.57. The predicted octanol–water partition coefficient (Wildman–Crippen LogP) is 5.83. The number of carbonyl (C=O) groups is 2. The minimum Gasteiger partial charge on any atom is -0.460 e. The van der Waals surface area contributed by atoms with Crippen LogP contribution in [0.1, 0.15) is 57.5 Å². The molecular weight excluding hydrogens is 414 g/mol. The maximum absolute atomic E-state index is 12.5. The third kappa shape index (κ3) is 4.39. The molecule has 4 aromatic rings. The van der Waals surface area contributed by atoms with Gasteiger partial charge in [0, 0.05) is 44.8 Å². The Morgan fingerprint density at radius 1 is 1.19 bits per heavy atom. The van der Waals surface area contributed by atoms with Crippen molar-refractivity contribution in [2.75, 3.05) is 5.32 Å². The molecular formula is C24H22ClN3O3. The molecule has 4 rings (SSSR count). The van der Waals surface area contributed by atoms with E-state index in [-0.39, 0.29) is 11.8 Å². The number of aromatic nitrogens is 2. The highest BCUT2D eigenvalue weighted by Gasteiger charge is 2.15. The summed E-state index contributed by atoms with van der Waals surface area (Å²) < 4.78 is 7.88. The zero-order valence-corrected chi connectivity index (χ0v) is 18.2. The number of nitrogens with one attached hydrogen (secondary N) is 1. The summed E-state index contributed by atoms with van der Waals surface area (Å²) in [4.78, 5) is 23.3. The number of furan rings is 1. The number of hydrogen-bond donors (Lipinski definition) is 1. The van der Waals surface area contributed by atoms with Crippen LogP contribution >= 0.6 is 11.6 Å². The Morgan fingerprint density at radius 2 is 1.94 bits per heavy atom. The van der Waals surface area contributed by atoms with Crippen molar-refractivity contribution in [2.45, 2.75) is 33.2 Å². The topological polar surface area (TPSA) is 77.1 Å². The van der Waals surface area contributed by atoms with Crippen LogP contribution < -0.4 is 5.32 Å². The first-order valence-electron chi connectivity index (χ1n) is 9.97. The van der Waals surface area contributed by atoms with Crippen LogP contribution in [-0.2, 0) is 6.54 Å². The highest BCUT2D eigenvalue weighted by molar-refractivity contribution is 6.31. The molecule has 0 aliphatic heterocycles. The molecule has 2 aromatic heterocycles. The maximum Gasteiger partial charge on any atom is 0.256 e. The van der Waals surface area contributed by atoms with Crippen LogP contribution in [0.5, 0.6) is 0 Å². The average molecular weight is 436 g/mol. The van der Waals surface area contributed by atoms with Gasteiger partial charge in [-0.05, 0) is 37.3 Å². The van der Waals surface area contributed by atoms with E-state index in [0.717, 1.165) is 34.3 Å². The van der Waals surface area contributed by atoms with Gasteiger partial charge in [-0.25, -0.2) is 0 Å². The molecule has 31 heavy (non-hydrogen) atoms. The largest absolute Gasteiger partial charge is 0.460 e.